The van der Waals surface area contributed by atoms with E-state index in [0.717, 1.165) is 25.7 Å². The Hall–Kier alpha value is -2.10. The van der Waals surface area contributed by atoms with Crippen LogP contribution in [0.15, 0.2) is 36.7 Å². The summed E-state index contributed by atoms with van der Waals surface area (Å²) in [4.78, 5) is 20.8. The van der Waals surface area contributed by atoms with Crippen molar-refractivity contribution >= 4 is 5.78 Å². The lowest BCUT2D eigenvalue weighted by atomic mass is 9.91. The van der Waals surface area contributed by atoms with Gasteiger partial charge in [-0.25, -0.2) is 14.4 Å². The molecule has 4 heteroatoms. The Labute approximate surface area is 130 Å². The van der Waals surface area contributed by atoms with Crippen molar-refractivity contribution in [3.63, 3.8) is 0 Å². The molecular weight excluding hydrogens is 279 g/mol. The van der Waals surface area contributed by atoms with Gasteiger partial charge >= 0.3 is 0 Å². The highest BCUT2D eigenvalue weighted by atomic mass is 19.1. The maximum absolute atomic E-state index is 14.2. The van der Waals surface area contributed by atoms with Crippen LogP contribution in [-0.4, -0.2) is 15.8 Å². The van der Waals surface area contributed by atoms with Gasteiger partial charge in [-0.1, -0.05) is 45.2 Å². The molecule has 1 atom stereocenters. The Kier molecular flexibility index (Phi) is 5.75. The van der Waals surface area contributed by atoms with Gasteiger partial charge in [0.2, 0.25) is 0 Å². The molecule has 3 nitrogen and oxygen atoms in total. The van der Waals surface area contributed by atoms with Crippen LogP contribution in [0.3, 0.4) is 0 Å². The van der Waals surface area contributed by atoms with Crippen LogP contribution in [-0.2, 0) is 0 Å². The zero-order valence-electron chi connectivity index (χ0n) is 13.1. The molecule has 1 heterocycles. The molecule has 0 bridgehead atoms. The fourth-order valence-electron chi connectivity index (χ4n) is 2.48. The second-order valence-corrected chi connectivity index (χ2v) is 5.50. The molecule has 0 aliphatic heterocycles. The zero-order chi connectivity index (χ0) is 15.9. The van der Waals surface area contributed by atoms with Gasteiger partial charge in [-0.05, 0) is 18.6 Å². The summed E-state index contributed by atoms with van der Waals surface area (Å²) in [5.74, 6) is -0.378. The Morgan fingerprint density at radius 1 is 1.18 bits per heavy atom. The van der Waals surface area contributed by atoms with Crippen molar-refractivity contribution in [2.75, 3.05) is 0 Å². The average molecular weight is 300 g/mol. The van der Waals surface area contributed by atoms with E-state index < -0.39 is 5.82 Å². The topological polar surface area (TPSA) is 42.9 Å². The molecule has 1 aromatic heterocycles. The molecule has 1 aromatic carbocycles. The van der Waals surface area contributed by atoms with Gasteiger partial charge in [0.15, 0.2) is 11.6 Å². The first-order valence-electron chi connectivity index (χ1n) is 7.75. The fraction of sp³-hybridized carbons (Fsp3) is 0.389. The van der Waals surface area contributed by atoms with E-state index in [0.29, 0.717) is 5.56 Å². The first-order valence-corrected chi connectivity index (χ1v) is 7.75. The maximum Gasteiger partial charge on any atom is 0.166 e. The van der Waals surface area contributed by atoms with E-state index in [1.54, 1.807) is 30.6 Å². The van der Waals surface area contributed by atoms with Crippen LogP contribution in [0.25, 0.3) is 11.4 Å². The lowest BCUT2D eigenvalue weighted by Gasteiger charge is -2.13. The van der Waals surface area contributed by atoms with Gasteiger partial charge in [-0.15, -0.1) is 0 Å². The van der Waals surface area contributed by atoms with E-state index in [-0.39, 0.29) is 23.1 Å². The van der Waals surface area contributed by atoms with Gasteiger partial charge in [0.1, 0.15) is 5.82 Å². The van der Waals surface area contributed by atoms with Crippen molar-refractivity contribution in [1.82, 2.24) is 9.97 Å². The smallest absolute Gasteiger partial charge is 0.166 e. The number of carbonyl (C=O) groups excluding carboxylic acids is 1. The average Bonchev–Trinajstić information content (AvgIpc) is 2.55. The standard InChI is InChI=1S/C18H21FN2O/c1-3-4-5-8-13(2)17(22)14-9-6-10-15(19)16(14)18-20-11-7-12-21-18/h6-7,9-13H,3-5,8H2,1-2H3. The molecule has 2 rings (SSSR count). The minimum atomic E-state index is -0.460. The summed E-state index contributed by atoms with van der Waals surface area (Å²) >= 11 is 0. The normalized spacial score (nSPS) is 12.1. The highest BCUT2D eigenvalue weighted by Crippen LogP contribution is 2.27. The molecule has 2 aromatic rings. The molecule has 0 aliphatic rings. The molecule has 0 fully saturated rings. The van der Waals surface area contributed by atoms with Crippen molar-refractivity contribution in [3.8, 4) is 11.4 Å². The lowest BCUT2D eigenvalue weighted by molar-refractivity contribution is 0.0922. The number of hydrogen-bond acceptors (Lipinski definition) is 3. The lowest BCUT2D eigenvalue weighted by Crippen LogP contribution is -2.14. The number of Topliss-reactive ketones (excluding diaryl/α,β-unsaturated/α-hetero) is 1. The molecule has 1 unspecified atom stereocenters. The van der Waals surface area contributed by atoms with Gasteiger partial charge < -0.3 is 0 Å². The van der Waals surface area contributed by atoms with E-state index in [1.807, 2.05) is 6.92 Å². The number of aromatic nitrogens is 2. The number of benzene rings is 1. The van der Waals surface area contributed by atoms with Crippen LogP contribution in [0.5, 0.6) is 0 Å². The number of nitrogens with zero attached hydrogens (tertiary/aromatic N) is 2. The molecule has 0 N–H and O–H groups in total. The molecule has 22 heavy (non-hydrogen) atoms. The summed E-state index contributed by atoms with van der Waals surface area (Å²) in [5.41, 5.74) is 0.575. The summed E-state index contributed by atoms with van der Waals surface area (Å²) < 4.78 is 14.2. The number of carbonyl (C=O) groups is 1. The second kappa shape index (κ2) is 7.78. The van der Waals surface area contributed by atoms with Crippen molar-refractivity contribution in [2.24, 2.45) is 5.92 Å². The van der Waals surface area contributed by atoms with Crippen LogP contribution < -0.4 is 0 Å². The van der Waals surface area contributed by atoms with Gasteiger partial charge in [0.05, 0.1) is 5.56 Å². The summed E-state index contributed by atoms with van der Waals surface area (Å²) in [5, 5.41) is 0. The Balaban J connectivity index is 2.31. The van der Waals surface area contributed by atoms with Gasteiger partial charge in [0.25, 0.3) is 0 Å². The van der Waals surface area contributed by atoms with E-state index in [4.69, 9.17) is 0 Å². The van der Waals surface area contributed by atoms with Gasteiger partial charge in [-0.3, -0.25) is 4.79 Å². The predicted octanol–water partition coefficient (Wildman–Crippen LogP) is 4.68. The van der Waals surface area contributed by atoms with Crippen LogP contribution in [0.2, 0.25) is 0 Å². The zero-order valence-corrected chi connectivity index (χ0v) is 13.1. The molecular formula is C18H21FN2O. The molecule has 0 aliphatic carbocycles. The van der Waals surface area contributed by atoms with E-state index in [9.17, 15) is 9.18 Å². The van der Waals surface area contributed by atoms with Gasteiger partial charge in [-0.2, -0.15) is 0 Å². The molecule has 0 spiro atoms. The van der Waals surface area contributed by atoms with Crippen molar-refractivity contribution in [1.29, 1.82) is 0 Å². The number of unbranched alkanes of at least 4 members (excludes halogenated alkanes) is 2. The minimum Gasteiger partial charge on any atom is -0.294 e. The van der Waals surface area contributed by atoms with Crippen LogP contribution in [0, 0.1) is 11.7 Å². The number of hydrogen-bond donors (Lipinski definition) is 0. The number of rotatable bonds is 7. The highest BCUT2D eigenvalue weighted by molar-refractivity contribution is 6.03. The largest absolute Gasteiger partial charge is 0.294 e. The third kappa shape index (κ3) is 3.75. The molecule has 0 saturated carbocycles. The van der Waals surface area contributed by atoms with Crippen LogP contribution in [0.1, 0.15) is 49.9 Å². The van der Waals surface area contributed by atoms with Gasteiger partial charge in [0, 0.05) is 23.9 Å². The monoisotopic (exact) mass is 300 g/mol. The molecule has 0 amide bonds. The molecule has 116 valence electrons. The Morgan fingerprint density at radius 3 is 2.59 bits per heavy atom. The second-order valence-electron chi connectivity index (χ2n) is 5.50. The molecule has 0 radical (unpaired) electrons. The third-order valence-electron chi connectivity index (χ3n) is 3.76. The highest BCUT2D eigenvalue weighted by Gasteiger charge is 2.22. The van der Waals surface area contributed by atoms with Crippen molar-refractivity contribution < 1.29 is 9.18 Å². The van der Waals surface area contributed by atoms with Crippen LogP contribution >= 0.6 is 0 Å². The fourth-order valence-corrected chi connectivity index (χ4v) is 2.48. The summed E-state index contributed by atoms with van der Waals surface area (Å²) in [6.45, 7) is 4.03. The van der Waals surface area contributed by atoms with Crippen molar-refractivity contribution in [2.45, 2.75) is 39.5 Å². The summed E-state index contributed by atoms with van der Waals surface area (Å²) in [6.07, 6.45) is 7.15. The minimum absolute atomic E-state index is 0.0435. The van der Waals surface area contributed by atoms with E-state index in [2.05, 4.69) is 16.9 Å². The maximum atomic E-state index is 14.2. The summed E-state index contributed by atoms with van der Waals surface area (Å²) in [6, 6.07) is 6.23. The quantitative estimate of drug-likeness (QED) is 0.550. The first kappa shape index (κ1) is 16.3. The number of halogens is 1. The van der Waals surface area contributed by atoms with Crippen molar-refractivity contribution in [3.05, 3.63) is 48.0 Å². The predicted molar refractivity (Wildman–Crippen MR) is 85.1 cm³/mol. The Morgan fingerprint density at radius 2 is 1.91 bits per heavy atom. The third-order valence-corrected chi connectivity index (χ3v) is 3.76. The Bertz CT molecular complexity index is 628. The van der Waals surface area contributed by atoms with E-state index >= 15 is 0 Å². The summed E-state index contributed by atoms with van der Waals surface area (Å²) in [7, 11) is 0. The first-order chi connectivity index (χ1) is 10.6. The van der Waals surface area contributed by atoms with E-state index in [1.165, 1.54) is 6.07 Å². The number of ketones is 1. The SMILES string of the molecule is CCCCCC(C)C(=O)c1cccc(F)c1-c1ncccn1. The molecule has 0 saturated heterocycles. The van der Waals surface area contributed by atoms with Crippen LogP contribution in [0.4, 0.5) is 4.39 Å².